The maximum atomic E-state index is 12.6. The minimum atomic E-state index is -0.500. The molecule has 3 amide bonds. The third-order valence-electron chi connectivity index (χ3n) is 4.64. The highest BCUT2D eigenvalue weighted by Gasteiger charge is 2.31. The lowest BCUT2D eigenvalue weighted by Gasteiger charge is -2.16. The first-order chi connectivity index (χ1) is 13.5. The van der Waals surface area contributed by atoms with Gasteiger partial charge in [0.15, 0.2) is 0 Å². The number of fused-ring (bicyclic) bond motifs is 1. The van der Waals surface area contributed by atoms with E-state index in [4.69, 9.17) is 11.6 Å². The Morgan fingerprint density at radius 3 is 2.43 bits per heavy atom. The summed E-state index contributed by atoms with van der Waals surface area (Å²) in [6.07, 6.45) is 0.323. The summed E-state index contributed by atoms with van der Waals surface area (Å²) in [5.41, 5.74) is 0.801. The topological polar surface area (TPSA) is 86.7 Å². The minimum Gasteiger partial charge on any atom is -0.506 e. The van der Waals surface area contributed by atoms with E-state index in [0.29, 0.717) is 16.8 Å². The van der Waals surface area contributed by atoms with Gasteiger partial charge in [0.2, 0.25) is 11.8 Å². The number of hydrogen-bond donors (Lipinski definition) is 2. The van der Waals surface area contributed by atoms with Gasteiger partial charge in [0, 0.05) is 23.9 Å². The molecule has 0 aromatic heterocycles. The summed E-state index contributed by atoms with van der Waals surface area (Å²) in [4.78, 5) is 37.4. The maximum absolute atomic E-state index is 12.6. The summed E-state index contributed by atoms with van der Waals surface area (Å²) in [7, 11) is 0. The lowest BCUT2D eigenvalue weighted by atomic mass is 10.0. The standard InChI is InChI=1S/C21H15ClN2O4/c22-16-11-13(6-8-17(16)24-18(25)9-10-19(24)26)23-21(28)15-7-5-12-3-1-2-4-14(12)20(15)27/h1-8,11,27H,9-10H2,(H,23,28). The molecule has 140 valence electrons. The number of phenols is 1. The number of imide groups is 1. The summed E-state index contributed by atoms with van der Waals surface area (Å²) < 4.78 is 0. The summed E-state index contributed by atoms with van der Waals surface area (Å²) in [5.74, 6) is -1.21. The van der Waals surface area contributed by atoms with Crippen LogP contribution in [0.25, 0.3) is 10.8 Å². The van der Waals surface area contributed by atoms with E-state index in [1.54, 1.807) is 30.3 Å². The Morgan fingerprint density at radius 1 is 1.00 bits per heavy atom. The minimum absolute atomic E-state index is 0.105. The Balaban J connectivity index is 1.60. The summed E-state index contributed by atoms with van der Waals surface area (Å²) in [6.45, 7) is 0. The summed E-state index contributed by atoms with van der Waals surface area (Å²) in [6, 6.07) is 15.0. The fraction of sp³-hybridized carbons (Fsp3) is 0.0952. The molecule has 1 saturated heterocycles. The lowest BCUT2D eigenvalue weighted by Crippen LogP contribution is -2.28. The van der Waals surface area contributed by atoms with Gasteiger partial charge in [-0.2, -0.15) is 0 Å². The van der Waals surface area contributed by atoms with Crippen LogP contribution < -0.4 is 10.2 Å². The number of halogens is 1. The van der Waals surface area contributed by atoms with Crippen molar-refractivity contribution in [2.75, 3.05) is 10.2 Å². The molecule has 1 fully saturated rings. The van der Waals surface area contributed by atoms with Gasteiger partial charge in [-0.3, -0.25) is 14.4 Å². The van der Waals surface area contributed by atoms with Crippen LogP contribution in [0.15, 0.2) is 54.6 Å². The van der Waals surface area contributed by atoms with Crippen molar-refractivity contribution in [3.05, 3.63) is 65.2 Å². The van der Waals surface area contributed by atoms with E-state index in [0.717, 1.165) is 10.3 Å². The van der Waals surface area contributed by atoms with E-state index in [9.17, 15) is 19.5 Å². The normalized spacial score (nSPS) is 14.0. The van der Waals surface area contributed by atoms with E-state index < -0.39 is 5.91 Å². The average molecular weight is 395 g/mol. The molecule has 1 aliphatic rings. The van der Waals surface area contributed by atoms with E-state index in [2.05, 4.69) is 5.32 Å². The number of amides is 3. The van der Waals surface area contributed by atoms with Crippen LogP contribution in [0.3, 0.4) is 0 Å². The van der Waals surface area contributed by atoms with Crippen LogP contribution in [0.1, 0.15) is 23.2 Å². The Morgan fingerprint density at radius 2 is 1.71 bits per heavy atom. The number of rotatable bonds is 3. The Hall–Kier alpha value is -3.38. The van der Waals surface area contributed by atoms with Crippen molar-refractivity contribution in [1.82, 2.24) is 0 Å². The number of anilines is 2. The molecule has 4 rings (SSSR count). The molecule has 2 N–H and O–H groups in total. The highest BCUT2D eigenvalue weighted by atomic mass is 35.5. The van der Waals surface area contributed by atoms with Crippen LogP contribution in [-0.4, -0.2) is 22.8 Å². The second-order valence-corrected chi connectivity index (χ2v) is 6.83. The number of phenolic OH excluding ortho intramolecular Hbond substituents is 1. The fourth-order valence-electron chi connectivity index (χ4n) is 3.25. The van der Waals surface area contributed by atoms with Gasteiger partial charge in [0.25, 0.3) is 5.91 Å². The maximum Gasteiger partial charge on any atom is 0.259 e. The molecule has 0 radical (unpaired) electrons. The second kappa shape index (κ2) is 6.98. The molecular weight excluding hydrogens is 380 g/mol. The van der Waals surface area contributed by atoms with Crippen LogP contribution in [0.4, 0.5) is 11.4 Å². The predicted molar refractivity (Wildman–Crippen MR) is 107 cm³/mol. The smallest absolute Gasteiger partial charge is 0.259 e. The highest BCUT2D eigenvalue weighted by Crippen LogP contribution is 2.33. The van der Waals surface area contributed by atoms with Crippen molar-refractivity contribution >= 4 is 51.5 Å². The van der Waals surface area contributed by atoms with Gasteiger partial charge in [-0.1, -0.05) is 41.9 Å². The summed E-state index contributed by atoms with van der Waals surface area (Å²) >= 11 is 6.23. The van der Waals surface area contributed by atoms with E-state index in [1.807, 2.05) is 12.1 Å². The van der Waals surface area contributed by atoms with E-state index in [-0.39, 0.29) is 41.0 Å². The van der Waals surface area contributed by atoms with Crippen LogP contribution in [0, 0.1) is 0 Å². The molecular formula is C21H15ClN2O4. The average Bonchev–Trinajstić information content (AvgIpc) is 3.01. The molecule has 7 heteroatoms. The molecule has 0 aliphatic carbocycles. The summed E-state index contributed by atoms with van der Waals surface area (Å²) in [5, 5.41) is 14.7. The Labute approximate surface area is 165 Å². The largest absolute Gasteiger partial charge is 0.506 e. The zero-order valence-corrected chi connectivity index (χ0v) is 15.4. The van der Waals surface area contributed by atoms with Crippen LogP contribution in [0.2, 0.25) is 5.02 Å². The van der Waals surface area contributed by atoms with Crippen molar-refractivity contribution in [3.8, 4) is 5.75 Å². The number of carbonyl (C=O) groups is 3. The molecule has 0 atom stereocenters. The van der Waals surface area contributed by atoms with Gasteiger partial charge >= 0.3 is 0 Å². The zero-order chi connectivity index (χ0) is 19.8. The van der Waals surface area contributed by atoms with E-state index in [1.165, 1.54) is 12.1 Å². The van der Waals surface area contributed by atoms with Gasteiger partial charge in [-0.05, 0) is 29.7 Å². The van der Waals surface area contributed by atoms with E-state index >= 15 is 0 Å². The number of carbonyl (C=O) groups excluding carboxylic acids is 3. The zero-order valence-electron chi connectivity index (χ0n) is 14.6. The lowest BCUT2D eigenvalue weighted by molar-refractivity contribution is -0.121. The van der Waals surface area contributed by atoms with Gasteiger partial charge in [-0.15, -0.1) is 0 Å². The molecule has 28 heavy (non-hydrogen) atoms. The quantitative estimate of drug-likeness (QED) is 0.654. The van der Waals surface area contributed by atoms with Gasteiger partial charge in [0.05, 0.1) is 16.3 Å². The van der Waals surface area contributed by atoms with Crippen molar-refractivity contribution < 1.29 is 19.5 Å². The number of nitrogens with one attached hydrogen (secondary N) is 1. The number of nitrogens with zero attached hydrogens (tertiary/aromatic N) is 1. The van der Waals surface area contributed by atoms with Gasteiger partial charge < -0.3 is 10.4 Å². The monoisotopic (exact) mass is 394 g/mol. The van der Waals surface area contributed by atoms with Gasteiger partial charge in [0.1, 0.15) is 5.75 Å². The second-order valence-electron chi connectivity index (χ2n) is 6.43. The van der Waals surface area contributed by atoms with Crippen molar-refractivity contribution in [2.24, 2.45) is 0 Å². The first kappa shape index (κ1) is 18.0. The molecule has 0 saturated carbocycles. The third-order valence-corrected chi connectivity index (χ3v) is 4.95. The Kier molecular flexibility index (Phi) is 4.49. The van der Waals surface area contributed by atoms with Crippen LogP contribution in [-0.2, 0) is 9.59 Å². The highest BCUT2D eigenvalue weighted by molar-refractivity contribution is 6.36. The van der Waals surface area contributed by atoms with Crippen molar-refractivity contribution in [3.63, 3.8) is 0 Å². The predicted octanol–water partition coefficient (Wildman–Crippen LogP) is 4.10. The molecule has 3 aromatic rings. The van der Waals surface area contributed by atoms with Crippen molar-refractivity contribution in [1.29, 1.82) is 0 Å². The first-order valence-electron chi connectivity index (χ1n) is 8.63. The number of hydrogen-bond acceptors (Lipinski definition) is 4. The van der Waals surface area contributed by atoms with Crippen LogP contribution in [0.5, 0.6) is 5.75 Å². The van der Waals surface area contributed by atoms with Gasteiger partial charge in [-0.25, -0.2) is 4.90 Å². The number of benzene rings is 3. The molecule has 1 aliphatic heterocycles. The third kappa shape index (κ3) is 3.08. The SMILES string of the molecule is O=C(Nc1ccc(N2C(=O)CCC2=O)c(Cl)c1)c1ccc2ccccc2c1O. The molecule has 3 aromatic carbocycles. The van der Waals surface area contributed by atoms with Crippen molar-refractivity contribution in [2.45, 2.75) is 12.8 Å². The molecule has 1 heterocycles. The molecule has 0 spiro atoms. The molecule has 0 bridgehead atoms. The van der Waals surface area contributed by atoms with Crippen LogP contribution >= 0.6 is 11.6 Å². The number of aromatic hydroxyl groups is 1. The molecule has 6 nitrogen and oxygen atoms in total. The molecule has 0 unspecified atom stereocenters. The fourth-order valence-corrected chi connectivity index (χ4v) is 3.51. The Bertz CT molecular complexity index is 1130. The first-order valence-corrected chi connectivity index (χ1v) is 9.01.